The van der Waals surface area contributed by atoms with E-state index in [9.17, 15) is 4.79 Å². The van der Waals surface area contributed by atoms with E-state index in [1.165, 1.54) is 5.56 Å². The Bertz CT molecular complexity index is 509. The lowest BCUT2D eigenvalue weighted by atomic mass is 10.2. The second kappa shape index (κ2) is 11.0. The number of rotatable bonds is 4. The Hall–Kier alpha value is -0.850. The van der Waals surface area contributed by atoms with Crippen LogP contribution < -0.4 is 5.32 Å². The van der Waals surface area contributed by atoms with E-state index >= 15 is 0 Å². The van der Waals surface area contributed by atoms with E-state index < -0.39 is 0 Å². The van der Waals surface area contributed by atoms with Crippen molar-refractivity contribution in [2.45, 2.75) is 19.5 Å². The number of benzene rings is 1. The van der Waals surface area contributed by atoms with Crippen molar-refractivity contribution in [2.75, 3.05) is 52.4 Å². The highest BCUT2D eigenvalue weighted by atomic mass is 35.5. The maximum Gasteiger partial charge on any atom is 0.236 e. The van der Waals surface area contributed by atoms with E-state index in [0.29, 0.717) is 12.6 Å². The molecular formula is C18H30Cl2N4O. The van der Waals surface area contributed by atoms with Crippen LogP contribution in [0.2, 0.25) is 0 Å². The van der Waals surface area contributed by atoms with Crippen molar-refractivity contribution >= 4 is 30.7 Å². The normalized spacial score (nSPS) is 22.0. The number of halogens is 2. The van der Waals surface area contributed by atoms with Gasteiger partial charge in [0.05, 0.1) is 6.54 Å². The molecule has 2 saturated heterocycles. The zero-order valence-electron chi connectivity index (χ0n) is 14.9. The van der Waals surface area contributed by atoms with Crippen molar-refractivity contribution in [3.8, 4) is 0 Å². The summed E-state index contributed by atoms with van der Waals surface area (Å²) in [5.74, 6) is 0.290. The second-order valence-electron chi connectivity index (χ2n) is 6.67. The van der Waals surface area contributed by atoms with Crippen molar-refractivity contribution in [3.63, 3.8) is 0 Å². The molecule has 1 aromatic rings. The van der Waals surface area contributed by atoms with E-state index in [2.05, 4.69) is 52.4 Å². The predicted octanol–water partition coefficient (Wildman–Crippen LogP) is 1.47. The van der Waals surface area contributed by atoms with Gasteiger partial charge in [0.1, 0.15) is 0 Å². The number of nitrogens with zero attached hydrogens (tertiary/aromatic N) is 3. The Morgan fingerprint density at radius 1 is 1.08 bits per heavy atom. The third kappa shape index (κ3) is 6.42. The lowest BCUT2D eigenvalue weighted by Crippen LogP contribution is -2.55. The highest BCUT2D eigenvalue weighted by Gasteiger charge is 2.25. The number of amides is 1. The van der Waals surface area contributed by atoms with Gasteiger partial charge in [0.25, 0.3) is 0 Å². The lowest BCUT2D eigenvalue weighted by Gasteiger charge is -2.38. The molecule has 25 heavy (non-hydrogen) atoms. The topological polar surface area (TPSA) is 38.8 Å². The van der Waals surface area contributed by atoms with Crippen LogP contribution in [0.4, 0.5) is 0 Å². The summed E-state index contributed by atoms with van der Waals surface area (Å²) in [6.45, 7) is 10.3. The van der Waals surface area contributed by atoms with Crippen LogP contribution in [0.5, 0.6) is 0 Å². The monoisotopic (exact) mass is 388 g/mol. The average molecular weight is 389 g/mol. The minimum atomic E-state index is 0. The molecule has 5 nitrogen and oxygen atoms in total. The molecule has 1 atom stereocenters. The number of carbonyl (C=O) groups excluding carboxylic acids is 1. The van der Waals surface area contributed by atoms with Crippen LogP contribution in [0.15, 0.2) is 30.3 Å². The predicted molar refractivity (Wildman–Crippen MR) is 107 cm³/mol. The molecule has 0 aromatic heterocycles. The molecule has 1 amide bonds. The van der Waals surface area contributed by atoms with Gasteiger partial charge in [-0.1, -0.05) is 30.3 Å². The van der Waals surface area contributed by atoms with Crippen LogP contribution in [0.25, 0.3) is 0 Å². The highest BCUT2D eigenvalue weighted by molar-refractivity contribution is 5.85. The Morgan fingerprint density at radius 2 is 1.76 bits per heavy atom. The smallest absolute Gasteiger partial charge is 0.236 e. The summed E-state index contributed by atoms with van der Waals surface area (Å²) in [4.78, 5) is 19.3. The van der Waals surface area contributed by atoms with E-state index in [4.69, 9.17) is 0 Å². The number of carbonyl (C=O) groups is 1. The largest absolute Gasteiger partial charge is 0.339 e. The minimum Gasteiger partial charge on any atom is -0.339 e. The molecule has 2 heterocycles. The molecule has 0 unspecified atom stereocenters. The molecule has 0 saturated carbocycles. The molecule has 2 aliphatic rings. The minimum absolute atomic E-state index is 0. The van der Waals surface area contributed by atoms with Crippen molar-refractivity contribution in [1.29, 1.82) is 0 Å². The van der Waals surface area contributed by atoms with Gasteiger partial charge >= 0.3 is 0 Å². The molecule has 0 radical (unpaired) electrons. The SMILES string of the molecule is C[C@@H]1CNCCN1CC(=O)N1CCN(Cc2ccccc2)CC1.Cl.Cl. The standard InChI is InChI=1S/C18H28N4O.2ClH/c1-16-13-19-7-8-22(16)15-18(23)21-11-9-20(10-12-21)14-17-5-3-2-4-6-17;;/h2-6,16,19H,7-15H2,1H3;2*1H/t16-;;/m1../s1. The van der Waals surface area contributed by atoms with Crippen LogP contribution in [0.3, 0.4) is 0 Å². The summed E-state index contributed by atoms with van der Waals surface area (Å²) in [7, 11) is 0. The molecule has 7 heteroatoms. The summed E-state index contributed by atoms with van der Waals surface area (Å²) in [6, 6.07) is 11.0. The molecule has 0 aliphatic carbocycles. The second-order valence-corrected chi connectivity index (χ2v) is 6.67. The van der Waals surface area contributed by atoms with Crippen LogP contribution in [-0.4, -0.2) is 79.0 Å². The summed E-state index contributed by atoms with van der Waals surface area (Å²) in [5, 5.41) is 3.37. The fraction of sp³-hybridized carbons (Fsp3) is 0.611. The number of piperazine rings is 2. The lowest BCUT2D eigenvalue weighted by molar-refractivity contribution is -0.135. The summed E-state index contributed by atoms with van der Waals surface area (Å²) < 4.78 is 0. The maximum absolute atomic E-state index is 12.5. The van der Waals surface area contributed by atoms with Crippen LogP contribution >= 0.6 is 24.8 Å². The van der Waals surface area contributed by atoms with E-state index in [-0.39, 0.29) is 30.7 Å². The number of hydrogen-bond acceptors (Lipinski definition) is 4. The van der Waals surface area contributed by atoms with E-state index in [1.54, 1.807) is 0 Å². The fourth-order valence-corrected chi connectivity index (χ4v) is 3.39. The Labute approximate surface area is 163 Å². The van der Waals surface area contributed by atoms with Crippen molar-refractivity contribution < 1.29 is 4.79 Å². The van der Waals surface area contributed by atoms with E-state index in [0.717, 1.165) is 52.4 Å². The van der Waals surface area contributed by atoms with Crippen molar-refractivity contribution in [1.82, 2.24) is 20.0 Å². The van der Waals surface area contributed by atoms with Crippen LogP contribution in [-0.2, 0) is 11.3 Å². The van der Waals surface area contributed by atoms with Gasteiger partial charge in [0.15, 0.2) is 0 Å². The van der Waals surface area contributed by atoms with Gasteiger partial charge in [-0.25, -0.2) is 0 Å². The van der Waals surface area contributed by atoms with Gasteiger partial charge < -0.3 is 10.2 Å². The molecular weight excluding hydrogens is 359 g/mol. The molecule has 0 spiro atoms. The molecule has 1 N–H and O–H groups in total. The van der Waals surface area contributed by atoms with Gasteiger partial charge in [-0.15, -0.1) is 24.8 Å². The number of hydrogen-bond donors (Lipinski definition) is 1. The van der Waals surface area contributed by atoms with Gasteiger partial charge in [-0.05, 0) is 12.5 Å². The third-order valence-electron chi connectivity index (χ3n) is 4.95. The Kier molecular flexibility index (Phi) is 9.75. The first-order chi connectivity index (χ1) is 11.2. The fourth-order valence-electron chi connectivity index (χ4n) is 3.39. The van der Waals surface area contributed by atoms with Crippen LogP contribution in [0.1, 0.15) is 12.5 Å². The number of nitrogens with one attached hydrogen (secondary N) is 1. The van der Waals surface area contributed by atoms with E-state index in [1.807, 2.05) is 4.90 Å². The molecule has 1 aromatic carbocycles. The first-order valence-electron chi connectivity index (χ1n) is 8.71. The van der Waals surface area contributed by atoms with Gasteiger partial charge in [0.2, 0.25) is 5.91 Å². The van der Waals surface area contributed by atoms with Gasteiger partial charge in [-0.2, -0.15) is 0 Å². The van der Waals surface area contributed by atoms with Gasteiger partial charge in [0, 0.05) is 58.4 Å². The van der Waals surface area contributed by atoms with Crippen LogP contribution in [0, 0.1) is 0 Å². The van der Waals surface area contributed by atoms with Crippen molar-refractivity contribution in [3.05, 3.63) is 35.9 Å². The summed E-state index contributed by atoms with van der Waals surface area (Å²) in [5.41, 5.74) is 1.35. The first kappa shape index (κ1) is 22.2. The summed E-state index contributed by atoms with van der Waals surface area (Å²) >= 11 is 0. The molecule has 3 rings (SSSR count). The van der Waals surface area contributed by atoms with Crippen molar-refractivity contribution in [2.24, 2.45) is 0 Å². The molecule has 0 bridgehead atoms. The highest BCUT2D eigenvalue weighted by Crippen LogP contribution is 2.10. The average Bonchev–Trinajstić information content (AvgIpc) is 2.58. The maximum atomic E-state index is 12.5. The Morgan fingerprint density at radius 3 is 2.40 bits per heavy atom. The zero-order chi connectivity index (χ0) is 16.1. The quantitative estimate of drug-likeness (QED) is 0.847. The molecule has 2 fully saturated rings. The third-order valence-corrected chi connectivity index (χ3v) is 4.95. The zero-order valence-corrected chi connectivity index (χ0v) is 16.5. The molecule has 2 aliphatic heterocycles. The summed E-state index contributed by atoms with van der Waals surface area (Å²) in [6.07, 6.45) is 0. The first-order valence-corrected chi connectivity index (χ1v) is 8.71. The van der Waals surface area contributed by atoms with Gasteiger partial charge in [-0.3, -0.25) is 14.6 Å². The Balaban J connectivity index is 0.00000156. The molecule has 142 valence electrons.